The van der Waals surface area contributed by atoms with E-state index < -0.39 is 0 Å². The first-order chi connectivity index (χ1) is 10.6. The average molecular weight is 319 g/mol. The van der Waals surface area contributed by atoms with Gasteiger partial charge in [0.05, 0.1) is 13.7 Å². The lowest BCUT2D eigenvalue weighted by Gasteiger charge is -2.17. The smallest absolute Gasteiger partial charge is 0.238 e. The van der Waals surface area contributed by atoms with Gasteiger partial charge in [-0.1, -0.05) is 29.8 Å². The first-order valence-corrected chi connectivity index (χ1v) is 7.31. The molecule has 1 amide bonds. The van der Waals surface area contributed by atoms with Gasteiger partial charge in [0.1, 0.15) is 5.75 Å². The van der Waals surface area contributed by atoms with Crippen LogP contribution in [-0.4, -0.2) is 31.5 Å². The molecular weight excluding hydrogens is 300 g/mol. The second-order valence-electron chi connectivity index (χ2n) is 5.08. The maximum Gasteiger partial charge on any atom is 0.238 e. The molecule has 0 aromatic heterocycles. The average Bonchev–Trinajstić information content (AvgIpc) is 2.47. The van der Waals surface area contributed by atoms with Crippen LogP contribution in [0.3, 0.4) is 0 Å². The van der Waals surface area contributed by atoms with E-state index in [-0.39, 0.29) is 5.91 Å². The number of carbonyl (C=O) groups is 1. The molecule has 0 heterocycles. The molecule has 0 aliphatic rings. The number of halogens is 1. The zero-order valence-corrected chi connectivity index (χ0v) is 13.4. The number of methoxy groups -OCH3 is 1. The van der Waals surface area contributed by atoms with Crippen molar-refractivity contribution >= 4 is 23.2 Å². The lowest BCUT2D eigenvalue weighted by molar-refractivity contribution is -0.117. The summed E-state index contributed by atoms with van der Waals surface area (Å²) in [6.45, 7) is 0.962. The van der Waals surface area contributed by atoms with Crippen LogP contribution in [0.2, 0.25) is 5.02 Å². The predicted octanol–water partition coefficient (Wildman–Crippen LogP) is 3.42. The Balaban J connectivity index is 1.88. The van der Waals surface area contributed by atoms with Crippen LogP contribution in [0, 0.1) is 0 Å². The van der Waals surface area contributed by atoms with Crippen molar-refractivity contribution in [3.63, 3.8) is 0 Å². The van der Waals surface area contributed by atoms with E-state index in [1.807, 2.05) is 42.3 Å². The Morgan fingerprint density at radius 2 is 2.00 bits per heavy atom. The summed E-state index contributed by atoms with van der Waals surface area (Å²) in [7, 11) is 3.54. The van der Waals surface area contributed by atoms with Gasteiger partial charge in [-0.15, -0.1) is 0 Å². The lowest BCUT2D eigenvalue weighted by atomic mass is 10.2. The van der Waals surface area contributed by atoms with Crippen LogP contribution in [0.4, 0.5) is 5.69 Å². The van der Waals surface area contributed by atoms with Gasteiger partial charge in [0.25, 0.3) is 0 Å². The first kappa shape index (κ1) is 16.3. The Morgan fingerprint density at radius 1 is 1.23 bits per heavy atom. The fourth-order valence-electron chi connectivity index (χ4n) is 2.15. The fourth-order valence-corrected chi connectivity index (χ4v) is 2.34. The van der Waals surface area contributed by atoms with Crippen LogP contribution < -0.4 is 10.1 Å². The van der Waals surface area contributed by atoms with Crippen LogP contribution in [0.5, 0.6) is 5.75 Å². The van der Waals surface area contributed by atoms with Crippen LogP contribution in [0.15, 0.2) is 48.5 Å². The molecular formula is C17H19ClN2O2. The van der Waals surface area contributed by atoms with E-state index in [4.69, 9.17) is 16.3 Å². The molecule has 0 saturated heterocycles. The second kappa shape index (κ2) is 7.82. The number of benzene rings is 2. The highest BCUT2D eigenvalue weighted by Crippen LogP contribution is 2.15. The molecule has 0 fully saturated rings. The van der Waals surface area contributed by atoms with Crippen molar-refractivity contribution in [1.82, 2.24) is 4.90 Å². The van der Waals surface area contributed by atoms with Crippen molar-refractivity contribution in [1.29, 1.82) is 0 Å². The predicted molar refractivity (Wildman–Crippen MR) is 89.4 cm³/mol. The van der Waals surface area contributed by atoms with Crippen molar-refractivity contribution in [3.8, 4) is 5.75 Å². The molecule has 0 saturated carbocycles. The number of carbonyl (C=O) groups excluding carboxylic acids is 1. The quantitative estimate of drug-likeness (QED) is 0.887. The van der Waals surface area contributed by atoms with Crippen molar-refractivity contribution in [3.05, 3.63) is 59.1 Å². The largest absolute Gasteiger partial charge is 0.497 e. The molecule has 0 bridgehead atoms. The third-order valence-electron chi connectivity index (χ3n) is 3.11. The van der Waals surface area contributed by atoms with Gasteiger partial charge in [-0.25, -0.2) is 0 Å². The summed E-state index contributed by atoms with van der Waals surface area (Å²) in [5.74, 6) is 0.738. The normalized spacial score (nSPS) is 10.5. The summed E-state index contributed by atoms with van der Waals surface area (Å²) in [6, 6.07) is 14.9. The fraction of sp³-hybridized carbons (Fsp3) is 0.235. The molecule has 4 nitrogen and oxygen atoms in total. The summed E-state index contributed by atoms with van der Waals surface area (Å²) in [5, 5.41) is 3.43. The summed E-state index contributed by atoms with van der Waals surface area (Å²) in [5.41, 5.74) is 1.80. The molecule has 0 spiro atoms. The van der Waals surface area contributed by atoms with Gasteiger partial charge in [-0.3, -0.25) is 9.69 Å². The summed E-state index contributed by atoms with van der Waals surface area (Å²) in [6.07, 6.45) is 0. The van der Waals surface area contributed by atoms with Crippen molar-refractivity contribution < 1.29 is 9.53 Å². The van der Waals surface area contributed by atoms with Gasteiger partial charge in [0.2, 0.25) is 5.91 Å². The van der Waals surface area contributed by atoms with Crippen LogP contribution >= 0.6 is 11.6 Å². The van der Waals surface area contributed by atoms with Gasteiger partial charge in [-0.05, 0) is 42.9 Å². The summed E-state index contributed by atoms with van der Waals surface area (Å²) in [4.78, 5) is 14.0. The van der Waals surface area contributed by atoms with E-state index in [1.165, 1.54) is 0 Å². The Hall–Kier alpha value is -2.04. The van der Waals surface area contributed by atoms with Crippen LogP contribution in [0.1, 0.15) is 5.56 Å². The van der Waals surface area contributed by atoms with Crippen molar-refractivity contribution in [2.45, 2.75) is 6.54 Å². The maximum absolute atomic E-state index is 12.0. The minimum atomic E-state index is -0.0762. The Bertz CT molecular complexity index is 646. The van der Waals surface area contributed by atoms with Crippen LogP contribution in [-0.2, 0) is 11.3 Å². The lowest BCUT2D eigenvalue weighted by Crippen LogP contribution is -2.29. The molecule has 2 aromatic rings. The highest BCUT2D eigenvalue weighted by molar-refractivity contribution is 6.30. The third-order valence-corrected chi connectivity index (χ3v) is 3.34. The topological polar surface area (TPSA) is 41.6 Å². The van der Waals surface area contributed by atoms with Gasteiger partial charge in [0.15, 0.2) is 0 Å². The molecule has 1 N–H and O–H groups in total. The molecule has 0 atom stereocenters. The second-order valence-corrected chi connectivity index (χ2v) is 5.52. The number of hydrogen-bond donors (Lipinski definition) is 1. The van der Waals surface area contributed by atoms with E-state index in [9.17, 15) is 4.79 Å². The molecule has 2 rings (SSSR count). The van der Waals surface area contributed by atoms with Crippen molar-refractivity contribution in [2.75, 3.05) is 26.0 Å². The number of anilines is 1. The number of likely N-dealkylation sites (N-methyl/N-ethyl adjacent to an activating group) is 1. The van der Waals surface area contributed by atoms with E-state index in [1.54, 1.807) is 25.3 Å². The number of amides is 1. The van der Waals surface area contributed by atoms with Gasteiger partial charge >= 0.3 is 0 Å². The molecule has 0 radical (unpaired) electrons. The highest BCUT2D eigenvalue weighted by atomic mass is 35.5. The number of ether oxygens (including phenoxy) is 1. The highest BCUT2D eigenvalue weighted by Gasteiger charge is 2.08. The van der Waals surface area contributed by atoms with Crippen molar-refractivity contribution in [2.24, 2.45) is 0 Å². The molecule has 2 aromatic carbocycles. The molecule has 5 heteroatoms. The Morgan fingerprint density at radius 3 is 2.73 bits per heavy atom. The zero-order valence-electron chi connectivity index (χ0n) is 12.7. The number of nitrogens with one attached hydrogen (secondary N) is 1. The number of rotatable bonds is 6. The van der Waals surface area contributed by atoms with Gasteiger partial charge < -0.3 is 10.1 Å². The Kier molecular flexibility index (Phi) is 5.81. The van der Waals surface area contributed by atoms with E-state index in [2.05, 4.69) is 5.32 Å². The number of nitrogens with zero attached hydrogens (tertiary/aromatic N) is 1. The monoisotopic (exact) mass is 318 g/mol. The molecule has 0 aliphatic carbocycles. The first-order valence-electron chi connectivity index (χ1n) is 6.93. The van der Waals surface area contributed by atoms with E-state index in [0.717, 1.165) is 11.3 Å². The summed E-state index contributed by atoms with van der Waals surface area (Å²) >= 11 is 5.90. The van der Waals surface area contributed by atoms with Crippen LogP contribution in [0.25, 0.3) is 0 Å². The molecule has 116 valence electrons. The van der Waals surface area contributed by atoms with E-state index in [0.29, 0.717) is 23.8 Å². The zero-order chi connectivity index (χ0) is 15.9. The molecule has 22 heavy (non-hydrogen) atoms. The third kappa shape index (κ3) is 5.06. The van der Waals surface area contributed by atoms with Gasteiger partial charge in [-0.2, -0.15) is 0 Å². The minimum Gasteiger partial charge on any atom is -0.497 e. The number of hydrogen-bond acceptors (Lipinski definition) is 3. The molecule has 0 unspecified atom stereocenters. The summed E-state index contributed by atoms with van der Waals surface area (Å²) < 4.78 is 5.20. The van der Waals surface area contributed by atoms with E-state index >= 15 is 0 Å². The molecule has 0 aliphatic heterocycles. The Labute approximate surface area is 135 Å². The standard InChI is InChI=1S/C17H19ClN2O2/c1-20(11-13-5-3-8-16(9-13)22-2)12-17(21)19-15-7-4-6-14(18)10-15/h3-10H,11-12H2,1-2H3,(H,19,21). The van der Waals surface area contributed by atoms with Gasteiger partial charge in [0, 0.05) is 17.3 Å². The SMILES string of the molecule is COc1cccc(CN(C)CC(=O)Nc2cccc(Cl)c2)c1. The minimum absolute atomic E-state index is 0.0762. The maximum atomic E-state index is 12.0.